The molecular formula is C16H18N4. The molecule has 0 radical (unpaired) electrons. The molecule has 0 saturated carbocycles. The van der Waals surface area contributed by atoms with Gasteiger partial charge in [0.25, 0.3) is 0 Å². The fourth-order valence-corrected chi connectivity index (χ4v) is 2.44. The third-order valence-electron chi connectivity index (χ3n) is 3.60. The van der Waals surface area contributed by atoms with E-state index in [1.54, 1.807) is 6.20 Å². The SMILES string of the molecule is Cc1ccnc(C(N)Cc2nc3ccccc3n2C)c1. The Morgan fingerprint density at radius 1 is 1.25 bits per heavy atom. The van der Waals surface area contributed by atoms with Crippen LogP contribution in [0.2, 0.25) is 0 Å². The summed E-state index contributed by atoms with van der Waals surface area (Å²) in [5, 5.41) is 0. The van der Waals surface area contributed by atoms with Crippen molar-refractivity contribution in [2.75, 3.05) is 0 Å². The molecule has 0 aliphatic heterocycles. The predicted molar refractivity (Wildman–Crippen MR) is 80.3 cm³/mol. The molecule has 0 aliphatic rings. The minimum atomic E-state index is -0.134. The molecule has 0 amide bonds. The fourth-order valence-electron chi connectivity index (χ4n) is 2.44. The molecule has 0 aliphatic carbocycles. The minimum Gasteiger partial charge on any atom is -0.331 e. The number of nitrogens with zero attached hydrogens (tertiary/aromatic N) is 3. The van der Waals surface area contributed by atoms with E-state index in [0.717, 1.165) is 22.6 Å². The molecule has 2 aromatic heterocycles. The molecular weight excluding hydrogens is 248 g/mol. The Hall–Kier alpha value is -2.20. The summed E-state index contributed by atoms with van der Waals surface area (Å²) < 4.78 is 2.10. The number of aryl methyl sites for hydroxylation is 2. The maximum absolute atomic E-state index is 6.27. The van der Waals surface area contributed by atoms with Gasteiger partial charge in [0, 0.05) is 19.7 Å². The molecule has 3 rings (SSSR count). The molecule has 1 aromatic carbocycles. The van der Waals surface area contributed by atoms with Crippen LogP contribution in [0.15, 0.2) is 42.6 Å². The van der Waals surface area contributed by atoms with Gasteiger partial charge in [0.2, 0.25) is 0 Å². The van der Waals surface area contributed by atoms with Crippen molar-refractivity contribution in [3.63, 3.8) is 0 Å². The van der Waals surface area contributed by atoms with Crippen LogP contribution in [0.25, 0.3) is 11.0 Å². The zero-order valence-electron chi connectivity index (χ0n) is 11.7. The van der Waals surface area contributed by atoms with E-state index in [2.05, 4.69) is 20.6 Å². The van der Waals surface area contributed by atoms with Gasteiger partial charge in [-0.25, -0.2) is 4.98 Å². The lowest BCUT2D eigenvalue weighted by molar-refractivity contribution is 0.647. The van der Waals surface area contributed by atoms with Crippen molar-refractivity contribution in [1.82, 2.24) is 14.5 Å². The predicted octanol–water partition coefficient (Wildman–Crippen LogP) is 2.52. The third kappa shape index (κ3) is 2.30. The van der Waals surface area contributed by atoms with Crippen LogP contribution < -0.4 is 5.73 Å². The Balaban J connectivity index is 1.91. The number of rotatable bonds is 3. The van der Waals surface area contributed by atoms with E-state index in [-0.39, 0.29) is 6.04 Å². The summed E-state index contributed by atoms with van der Waals surface area (Å²) in [7, 11) is 2.03. The van der Waals surface area contributed by atoms with Crippen LogP contribution >= 0.6 is 0 Å². The molecule has 2 N–H and O–H groups in total. The van der Waals surface area contributed by atoms with E-state index in [1.165, 1.54) is 5.56 Å². The van der Waals surface area contributed by atoms with E-state index in [1.807, 2.05) is 44.3 Å². The zero-order chi connectivity index (χ0) is 14.1. The second-order valence-corrected chi connectivity index (χ2v) is 5.14. The van der Waals surface area contributed by atoms with Gasteiger partial charge in [0.15, 0.2) is 0 Å². The summed E-state index contributed by atoms with van der Waals surface area (Å²) in [6.45, 7) is 2.05. The Morgan fingerprint density at radius 2 is 2.05 bits per heavy atom. The van der Waals surface area contributed by atoms with Crippen molar-refractivity contribution in [1.29, 1.82) is 0 Å². The lowest BCUT2D eigenvalue weighted by Gasteiger charge is -2.11. The number of benzene rings is 1. The minimum absolute atomic E-state index is 0.134. The fraction of sp³-hybridized carbons (Fsp3) is 0.250. The number of hydrogen-bond acceptors (Lipinski definition) is 3. The lowest BCUT2D eigenvalue weighted by atomic mass is 10.1. The largest absolute Gasteiger partial charge is 0.331 e. The topological polar surface area (TPSA) is 56.7 Å². The summed E-state index contributed by atoms with van der Waals surface area (Å²) in [5.74, 6) is 0.988. The molecule has 4 nitrogen and oxygen atoms in total. The highest BCUT2D eigenvalue weighted by atomic mass is 15.1. The number of para-hydroxylation sites is 2. The molecule has 102 valence electrons. The van der Waals surface area contributed by atoms with Crippen molar-refractivity contribution in [3.8, 4) is 0 Å². The number of imidazole rings is 1. The molecule has 2 heterocycles. The normalized spacial score (nSPS) is 12.8. The Labute approximate surface area is 118 Å². The molecule has 4 heteroatoms. The lowest BCUT2D eigenvalue weighted by Crippen LogP contribution is -2.17. The standard InChI is InChI=1S/C16H18N4/c1-11-7-8-18-14(9-11)12(17)10-16-19-13-5-3-4-6-15(13)20(16)2/h3-9,12H,10,17H2,1-2H3. The number of hydrogen-bond donors (Lipinski definition) is 1. The van der Waals surface area contributed by atoms with Crippen LogP contribution in [0.1, 0.15) is 23.1 Å². The number of pyridine rings is 1. The molecule has 0 spiro atoms. The average Bonchev–Trinajstić information content (AvgIpc) is 2.76. The first kappa shape index (κ1) is 12.8. The summed E-state index contributed by atoms with van der Waals surface area (Å²) in [4.78, 5) is 9.01. The molecule has 20 heavy (non-hydrogen) atoms. The molecule has 0 saturated heterocycles. The summed E-state index contributed by atoms with van der Waals surface area (Å²) in [6, 6.07) is 12.0. The number of aromatic nitrogens is 3. The maximum Gasteiger partial charge on any atom is 0.111 e. The quantitative estimate of drug-likeness (QED) is 0.792. The maximum atomic E-state index is 6.27. The van der Waals surface area contributed by atoms with Gasteiger partial charge in [-0.15, -0.1) is 0 Å². The van der Waals surface area contributed by atoms with Crippen molar-refractivity contribution < 1.29 is 0 Å². The van der Waals surface area contributed by atoms with Gasteiger partial charge in [-0.1, -0.05) is 12.1 Å². The van der Waals surface area contributed by atoms with Crippen molar-refractivity contribution in [3.05, 3.63) is 59.7 Å². The van der Waals surface area contributed by atoms with E-state index >= 15 is 0 Å². The summed E-state index contributed by atoms with van der Waals surface area (Å²) in [5.41, 5.74) is 10.5. The molecule has 0 bridgehead atoms. The van der Waals surface area contributed by atoms with Crippen LogP contribution in [0.4, 0.5) is 0 Å². The van der Waals surface area contributed by atoms with Gasteiger partial charge in [-0.3, -0.25) is 4.98 Å². The summed E-state index contributed by atoms with van der Waals surface area (Å²) >= 11 is 0. The zero-order valence-corrected chi connectivity index (χ0v) is 11.7. The highest BCUT2D eigenvalue weighted by molar-refractivity contribution is 5.75. The molecule has 0 fully saturated rings. The van der Waals surface area contributed by atoms with E-state index in [0.29, 0.717) is 6.42 Å². The highest BCUT2D eigenvalue weighted by Gasteiger charge is 2.14. The third-order valence-corrected chi connectivity index (χ3v) is 3.60. The van der Waals surface area contributed by atoms with Crippen LogP contribution in [0, 0.1) is 6.92 Å². The first-order valence-corrected chi connectivity index (χ1v) is 6.73. The second kappa shape index (κ2) is 5.06. The van der Waals surface area contributed by atoms with Gasteiger partial charge < -0.3 is 10.3 Å². The van der Waals surface area contributed by atoms with E-state index < -0.39 is 0 Å². The van der Waals surface area contributed by atoms with Crippen LogP contribution in [-0.2, 0) is 13.5 Å². The first-order valence-electron chi connectivity index (χ1n) is 6.73. The smallest absolute Gasteiger partial charge is 0.111 e. The van der Waals surface area contributed by atoms with Crippen molar-refractivity contribution in [2.24, 2.45) is 12.8 Å². The van der Waals surface area contributed by atoms with Crippen molar-refractivity contribution >= 4 is 11.0 Å². The molecule has 3 aromatic rings. The number of nitrogens with two attached hydrogens (primary N) is 1. The number of fused-ring (bicyclic) bond motifs is 1. The summed E-state index contributed by atoms with van der Waals surface area (Å²) in [6.07, 6.45) is 2.49. The average molecular weight is 266 g/mol. The second-order valence-electron chi connectivity index (χ2n) is 5.14. The van der Waals surface area contributed by atoms with Crippen molar-refractivity contribution in [2.45, 2.75) is 19.4 Å². The molecule has 1 unspecified atom stereocenters. The highest BCUT2D eigenvalue weighted by Crippen LogP contribution is 2.19. The molecule has 1 atom stereocenters. The van der Waals surface area contributed by atoms with Gasteiger partial charge in [0.1, 0.15) is 5.82 Å². The van der Waals surface area contributed by atoms with Gasteiger partial charge >= 0.3 is 0 Å². The Morgan fingerprint density at radius 3 is 2.80 bits per heavy atom. The van der Waals surface area contributed by atoms with E-state index in [9.17, 15) is 0 Å². The van der Waals surface area contributed by atoms with Crippen LogP contribution in [-0.4, -0.2) is 14.5 Å². The van der Waals surface area contributed by atoms with E-state index in [4.69, 9.17) is 5.73 Å². The Kier molecular flexibility index (Phi) is 3.24. The monoisotopic (exact) mass is 266 g/mol. The van der Waals surface area contributed by atoms with Gasteiger partial charge in [0.05, 0.1) is 22.8 Å². The Bertz CT molecular complexity index is 745. The van der Waals surface area contributed by atoms with Crippen LogP contribution in [0.3, 0.4) is 0 Å². The van der Waals surface area contributed by atoms with Gasteiger partial charge in [-0.2, -0.15) is 0 Å². The van der Waals surface area contributed by atoms with Crippen LogP contribution in [0.5, 0.6) is 0 Å². The van der Waals surface area contributed by atoms with Gasteiger partial charge in [-0.05, 0) is 36.8 Å². The first-order chi connectivity index (χ1) is 9.65.